The maximum absolute atomic E-state index is 3.49. The van der Waals surface area contributed by atoms with Gasteiger partial charge in [-0.15, -0.1) is 11.8 Å². The molecule has 0 spiro atoms. The SMILES string of the molecule is CCCCC[C@H](CC)SCNc1ccc(C)cc1. The summed E-state index contributed by atoms with van der Waals surface area (Å²) in [6.45, 7) is 6.70. The molecule has 1 rings (SSSR count). The lowest BCUT2D eigenvalue weighted by Crippen LogP contribution is -2.06. The number of nitrogens with one attached hydrogen (secondary N) is 1. The molecule has 0 aliphatic carbocycles. The molecule has 102 valence electrons. The summed E-state index contributed by atoms with van der Waals surface area (Å²) in [5.41, 5.74) is 2.55. The van der Waals surface area contributed by atoms with Gasteiger partial charge in [-0.2, -0.15) is 0 Å². The second-order valence-corrected chi connectivity index (χ2v) is 6.17. The number of unbranched alkanes of at least 4 members (excludes halogenated alkanes) is 2. The molecule has 1 nitrogen and oxygen atoms in total. The van der Waals surface area contributed by atoms with E-state index in [4.69, 9.17) is 0 Å². The van der Waals surface area contributed by atoms with E-state index in [-0.39, 0.29) is 0 Å². The Labute approximate surface area is 117 Å². The minimum Gasteiger partial charge on any atom is -0.376 e. The summed E-state index contributed by atoms with van der Waals surface area (Å²) in [4.78, 5) is 0. The van der Waals surface area contributed by atoms with Crippen molar-refractivity contribution in [3.8, 4) is 0 Å². The molecule has 0 aliphatic heterocycles. The second-order valence-electron chi connectivity index (χ2n) is 4.88. The molecule has 0 saturated carbocycles. The lowest BCUT2D eigenvalue weighted by molar-refractivity contribution is 0.636. The summed E-state index contributed by atoms with van der Waals surface area (Å²) in [5, 5.41) is 4.30. The van der Waals surface area contributed by atoms with Gasteiger partial charge in [-0.1, -0.05) is 50.8 Å². The molecular formula is C16H27NS. The lowest BCUT2D eigenvalue weighted by Gasteiger charge is -2.15. The first-order valence-corrected chi connectivity index (χ1v) is 8.23. The van der Waals surface area contributed by atoms with Crippen LogP contribution in [-0.4, -0.2) is 11.1 Å². The Bertz CT molecular complexity index is 307. The number of thioether (sulfide) groups is 1. The molecule has 0 bridgehead atoms. The van der Waals surface area contributed by atoms with E-state index in [0.717, 1.165) is 11.1 Å². The highest BCUT2D eigenvalue weighted by Gasteiger charge is 2.05. The van der Waals surface area contributed by atoms with E-state index < -0.39 is 0 Å². The van der Waals surface area contributed by atoms with Gasteiger partial charge in [0.15, 0.2) is 0 Å². The molecule has 0 unspecified atom stereocenters. The summed E-state index contributed by atoms with van der Waals surface area (Å²) < 4.78 is 0. The fourth-order valence-electron chi connectivity index (χ4n) is 1.94. The fraction of sp³-hybridized carbons (Fsp3) is 0.625. The monoisotopic (exact) mass is 265 g/mol. The minimum absolute atomic E-state index is 0.814. The van der Waals surface area contributed by atoms with Crippen LogP contribution in [0, 0.1) is 6.92 Å². The van der Waals surface area contributed by atoms with Gasteiger partial charge in [0, 0.05) is 10.9 Å². The number of anilines is 1. The Hall–Kier alpha value is -0.630. The third-order valence-electron chi connectivity index (χ3n) is 3.23. The molecule has 1 aromatic carbocycles. The van der Waals surface area contributed by atoms with Gasteiger partial charge in [-0.05, 0) is 31.9 Å². The van der Waals surface area contributed by atoms with Crippen LogP contribution in [0.15, 0.2) is 24.3 Å². The van der Waals surface area contributed by atoms with Gasteiger partial charge in [-0.25, -0.2) is 0 Å². The number of hydrogen-bond donors (Lipinski definition) is 1. The first-order valence-electron chi connectivity index (χ1n) is 7.18. The summed E-state index contributed by atoms with van der Waals surface area (Å²) in [6, 6.07) is 8.64. The van der Waals surface area contributed by atoms with Crippen LogP contribution in [0.2, 0.25) is 0 Å². The Morgan fingerprint density at radius 2 is 1.83 bits per heavy atom. The van der Waals surface area contributed by atoms with E-state index in [1.54, 1.807) is 0 Å². The van der Waals surface area contributed by atoms with Gasteiger partial charge < -0.3 is 5.32 Å². The summed E-state index contributed by atoms with van der Waals surface area (Å²) in [7, 11) is 0. The molecular weight excluding hydrogens is 238 g/mol. The lowest BCUT2D eigenvalue weighted by atomic mass is 10.1. The van der Waals surface area contributed by atoms with Crippen LogP contribution in [0.25, 0.3) is 0 Å². The van der Waals surface area contributed by atoms with Crippen LogP contribution in [0.3, 0.4) is 0 Å². The van der Waals surface area contributed by atoms with Crippen LogP contribution < -0.4 is 5.32 Å². The van der Waals surface area contributed by atoms with Gasteiger partial charge in [0.25, 0.3) is 0 Å². The van der Waals surface area contributed by atoms with Crippen LogP contribution >= 0.6 is 11.8 Å². The summed E-state index contributed by atoms with van der Waals surface area (Å²) in [6.07, 6.45) is 6.73. The second kappa shape index (κ2) is 9.32. The van der Waals surface area contributed by atoms with Gasteiger partial charge in [-0.3, -0.25) is 0 Å². The van der Waals surface area contributed by atoms with E-state index in [2.05, 4.69) is 62.1 Å². The van der Waals surface area contributed by atoms with Crippen LogP contribution in [0.1, 0.15) is 51.5 Å². The zero-order chi connectivity index (χ0) is 13.2. The Kier molecular flexibility index (Phi) is 7.99. The highest BCUT2D eigenvalue weighted by Crippen LogP contribution is 2.21. The molecule has 0 radical (unpaired) electrons. The summed E-state index contributed by atoms with van der Waals surface area (Å²) >= 11 is 2.06. The Morgan fingerprint density at radius 3 is 2.44 bits per heavy atom. The van der Waals surface area contributed by atoms with Gasteiger partial charge in [0.05, 0.1) is 5.88 Å². The fourth-order valence-corrected chi connectivity index (χ4v) is 3.00. The Balaban J connectivity index is 2.20. The zero-order valence-corrected chi connectivity index (χ0v) is 12.9. The number of benzene rings is 1. The molecule has 1 aromatic rings. The van der Waals surface area contributed by atoms with Crippen LogP contribution in [0.5, 0.6) is 0 Å². The minimum atomic E-state index is 0.814. The highest BCUT2D eigenvalue weighted by molar-refractivity contribution is 7.99. The van der Waals surface area contributed by atoms with Crippen LogP contribution in [0.4, 0.5) is 5.69 Å². The standard InChI is InChI=1S/C16H27NS/c1-4-6-7-8-16(5-2)18-13-17-15-11-9-14(3)10-12-15/h9-12,16-17H,4-8,13H2,1-3H3/t16-/m0/s1. The predicted molar refractivity (Wildman–Crippen MR) is 85.5 cm³/mol. The van der Waals surface area contributed by atoms with Crippen molar-refractivity contribution < 1.29 is 0 Å². The van der Waals surface area contributed by atoms with Gasteiger partial charge >= 0.3 is 0 Å². The van der Waals surface area contributed by atoms with E-state index in [1.165, 1.54) is 43.4 Å². The van der Waals surface area contributed by atoms with E-state index in [0.29, 0.717) is 0 Å². The van der Waals surface area contributed by atoms with Crippen molar-refractivity contribution in [3.63, 3.8) is 0 Å². The molecule has 1 atom stereocenters. The van der Waals surface area contributed by atoms with Crippen molar-refractivity contribution >= 4 is 17.4 Å². The van der Waals surface area contributed by atoms with Crippen molar-refractivity contribution in [2.24, 2.45) is 0 Å². The molecule has 2 heteroatoms. The van der Waals surface area contributed by atoms with E-state index >= 15 is 0 Å². The van der Waals surface area contributed by atoms with Gasteiger partial charge in [0.2, 0.25) is 0 Å². The third-order valence-corrected chi connectivity index (χ3v) is 4.58. The van der Waals surface area contributed by atoms with E-state index in [1.807, 2.05) is 0 Å². The quantitative estimate of drug-likeness (QED) is 0.470. The van der Waals surface area contributed by atoms with Crippen molar-refractivity contribution in [3.05, 3.63) is 29.8 Å². The van der Waals surface area contributed by atoms with Crippen molar-refractivity contribution in [1.29, 1.82) is 0 Å². The van der Waals surface area contributed by atoms with Crippen molar-refractivity contribution in [2.45, 2.75) is 58.1 Å². The average Bonchev–Trinajstić information content (AvgIpc) is 2.39. The average molecular weight is 265 g/mol. The molecule has 1 N–H and O–H groups in total. The van der Waals surface area contributed by atoms with Gasteiger partial charge in [0.1, 0.15) is 0 Å². The van der Waals surface area contributed by atoms with Crippen LogP contribution in [-0.2, 0) is 0 Å². The predicted octanol–water partition coefficient (Wildman–Crippen LogP) is 5.46. The molecule has 0 aliphatic rings. The molecule has 0 heterocycles. The first-order chi connectivity index (χ1) is 8.76. The zero-order valence-electron chi connectivity index (χ0n) is 12.0. The number of aryl methyl sites for hydroxylation is 1. The number of rotatable bonds is 9. The highest BCUT2D eigenvalue weighted by atomic mass is 32.2. The topological polar surface area (TPSA) is 12.0 Å². The molecule has 0 amide bonds. The maximum Gasteiger partial charge on any atom is 0.0613 e. The molecule has 0 fully saturated rings. The third kappa shape index (κ3) is 6.34. The largest absolute Gasteiger partial charge is 0.376 e. The van der Waals surface area contributed by atoms with Crippen molar-refractivity contribution in [2.75, 3.05) is 11.2 Å². The Morgan fingerprint density at radius 1 is 1.11 bits per heavy atom. The smallest absolute Gasteiger partial charge is 0.0613 e. The van der Waals surface area contributed by atoms with Crippen molar-refractivity contribution in [1.82, 2.24) is 0 Å². The maximum atomic E-state index is 3.49. The molecule has 0 saturated heterocycles. The number of hydrogen-bond acceptors (Lipinski definition) is 2. The van der Waals surface area contributed by atoms with E-state index in [9.17, 15) is 0 Å². The molecule has 0 aromatic heterocycles. The summed E-state index contributed by atoms with van der Waals surface area (Å²) in [5.74, 6) is 1.02. The normalized spacial score (nSPS) is 12.4. The molecule has 18 heavy (non-hydrogen) atoms. The first kappa shape index (κ1) is 15.4.